The lowest BCUT2D eigenvalue weighted by Gasteiger charge is -2.39. The summed E-state index contributed by atoms with van der Waals surface area (Å²) in [4.78, 5) is 17.0. The number of halogens is 1. The van der Waals surface area contributed by atoms with Gasteiger partial charge in [-0.15, -0.1) is 0 Å². The molecule has 1 aliphatic heterocycles. The Bertz CT molecular complexity index is 855. The van der Waals surface area contributed by atoms with E-state index >= 15 is 0 Å². The first-order valence-electron chi connectivity index (χ1n) is 9.60. The normalized spacial score (nSPS) is 16.1. The molecular formula is C21H28FN3O3. The maximum absolute atomic E-state index is 13.8. The molecule has 0 bridgehead atoms. The number of amides is 1. The Morgan fingerprint density at radius 2 is 2.04 bits per heavy atom. The molecule has 2 heterocycles. The van der Waals surface area contributed by atoms with Crippen LogP contribution in [0.25, 0.3) is 11.3 Å². The quantitative estimate of drug-likeness (QED) is 0.767. The summed E-state index contributed by atoms with van der Waals surface area (Å²) in [5.41, 5.74) is 1.24. The van der Waals surface area contributed by atoms with Crippen molar-refractivity contribution in [3.63, 3.8) is 0 Å². The number of benzene rings is 1. The highest BCUT2D eigenvalue weighted by molar-refractivity contribution is 6.04. The van der Waals surface area contributed by atoms with Gasteiger partial charge >= 0.3 is 0 Å². The van der Waals surface area contributed by atoms with E-state index in [1.54, 1.807) is 11.0 Å². The van der Waals surface area contributed by atoms with Crippen LogP contribution in [0.15, 0.2) is 22.7 Å². The maximum Gasteiger partial charge on any atom is 0.261 e. The third kappa shape index (κ3) is 3.70. The number of nitrogens with zero attached hydrogens (tertiary/aromatic N) is 3. The van der Waals surface area contributed by atoms with Crippen LogP contribution in [0.5, 0.6) is 5.75 Å². The molecule has 6 nitrogen and oxygen atoms in total. The Morgan fingerprint density at radius 3 is 2.61 bits per heavy atom. The summed E-state index contributed by atoms with van der Waals surface area (Å²) in [5.74, 6) is 0.307. The van der Waals surface area contributed by atoms with Gasteiger partial charge in [0.05, 0.1) is 7.11 Å². The van der Waals surface area contributed by atoms with Gasteiger partial charge in [0.2, 0.25) is 0 Å². The maximum atomic E-state index is 13.8. The van der Waals surface area contributed by atoms with Crippen LogP contribution in [-0.4, -0.2) is 50.3 Å². The van der Waals surface area contributed by atoms with Gasteiger partial charge in [0.25, 0.3) is 5.91 Å². The monoisotopic (exact) mass is 389 g/mol. The molecule has 1 aromatic carbocycles. The molecule has 28 heavy (non-hydrogen) atoms. The fourth-order valence-electron chi connectivity index (χ4n) is 3.54. The molecule has 152 valence electrons. The number of likely N-dealkylation sites (tertiary alicyclic amines) is 1. The Labute approximate surface area is 165 Å². The number of rotatable bonds is 5. The number of hydrogen-bond acceptors (Lipinski definition) is 5. The third-order valence-electron chi connectivity index (χ3n) is 5.84. The summed E-state index contributed by atoms with van der Waals surface area (Å²) in [6, 6.07) is 4.39. The molecule has 0 N–H and O–H groups in total. The van der Waals surface area contributed by atoms with Crippen LogP contribution in [0, 0.1) is 11.2 Å². The first kappa shape index (κ1) is 20.2. The molecule has 1 aliphatic rings. The van der Waals surface area contributed by atoms with E-state index in [-0.39, 0.29) is 17.1 Å². The molecule has 7 heteroatoms. The highest BCUT2D eigenvalue weighted by atomic mass is 19.1. The second-order valence-electron chi connectivity index (χ2n) is 7.91. The van der Waals surface area contributed by atoms with E-state index in [1.165, 1.54) is 19.2 Å². The Kier molecular flexibility index (Phi) is 5.63. The zero-order chi connectivity index (χ0) is 20.5. The first-order valence-corrected chi connectivity index (χ1v) is 9.60. The molecule has 2 aromatic rings. The molecule has 0 unspecified atom stereocenters. The molecule has 1 fully saturated rings. The fourth-order valence-corrected chi connectivity index (χ4v) is 3.54. The molecule has 1 amide bonds. The van der Waals surface area contributed by atoms with Crippen molar-refractivity contribution >= 4 is 11.7 Å². The molecular weight excluding hydrogens is 361 g/mol. The van der Waals surface area contributed by atoms with Crippen molar-refractivity contribution in [3.05, 3.63) is 29.6 Å². The van der Waals surface area contributed by atoms with Gasteiger partial charge in [-0.1, -0.05) is 25.4 Å². The number of hydrogen-bond donors (Lipinski definition) is 0. The van der Waals surface area contributed by atoms with Crippen molar-refractivity contribution in [1.82, 2.24) is 10.1 Å². The van der Waals surface area contributed by atoms with Crippen molar-refractivity contribution < 1.29 is 18.4 Å². The van der Waals surface area contributed by atoms with E-state index in [4.69, 9.17) is 9.26 Å². The number of piperidine rings is 1. The van der Waals surface area contributed by atoms with Crippen molar-refractivity contribution in [2.45, 2.75) is 33.1 Å². The van der Waals surface area contributed by atoms with Gasteiger partial charge < -0.3 is 19.1 Å². The lowest BCUT2D eigenvalue weighted by atomic mass is 9.78. The average Bonchev–Trinajstić information content (AvgIpc) is 3.14. The summed E-state index contributed by atoms with van der Waals surface area (Å²) in [5, 5.41) is 4.10. The zero-order valence-corrected chi connectivity index (χ0v) is 17.2. The summed E-state index contributed by atoms with van der Waals surface area (Å²) >= 11 is 0. The van der Waals surface area contributed by atoms with Crippen LogP contribution < -0.4 is 9.64 Å². The summed E-state index contributed by atoms with van der Waals surface area (Å²) in [6.45, 7) is 5.87. The number of carbonyl (C=O) groups excluding carboxylic acids is 1. The lowest BCUT2D eigenvalue weighted by Crippen LogP contribution is -2.42. The molecule has 1 aromatic heterocycles. The average molecular weight is 389 g/mol. The molecule has 1 saturated heterocycles. The number of aromatic nitrogens is 1. The van der Waals surface area contributed by atoms with Crippen molar-refractivity contribution in [1.29, 1.82) is 0 Å². The van der Waals surface area contributed by atoms with Crippen LogP contribution in [0.3, 0.4) is 0 Å². The van der Waals surface area contributed by atoms with Crippen molar-refractivity contribution in [2.75, 3.05) is 39.2 Å². The minimum atomic E-state index is -0.471. The number of carbonyl (C=O) groups is 1. The smallest absolute Gasteiger partial charge is 0.261 e. The van der Waals surface area contributed by atoms with Crippen LogP contribution in [0.2, 0.25) is 0 Å². The van der Waals surface area contributed by atoms with E-state index in [0.29, 0.717) is 35.8 Å². The predicted octanol–water partition coefficient (Wildman–Crippen LogP) is 4.21. The molecule has 0 spiro atoms. The van der Waals surface area contributed by atoms with Crippen LogP contribution >= 0.6 is 0 Å². The highest BCUT2D eigenvalue weighted by Crippen LogP contribution is 2.37. The second-order valence-corrected chi connectivity index (χ2v) is 7.91. The Balaban J connectivity index is 1.98. The van der Waals surface area contributed by atoms with Gasteiger partial charge in [0.1, 0.15) is 5.56 Å². The first-order chi connectivity index (χ1) is 13.3. The minimum absolute atomic E-state index is 0.0930. The van der Waals surface area contributed by atoms with Gasteiger partial charge in [0.15, 0.2) is 23.1 Å². The number of ether oxygens (including phenoxy) is 1. The molecule has 0 radical (unpaired) electrons. The highest BCUT2D eigenvalue weighted by Gasteiger charge is 2.34. The number of anilines is 1. The van der Waals surface area contributed by atoms with Gasteiger partial charge in [-0.25, -0.2) is 4.39 Å². The molecule has 0 aliphatic carbocycles. The SMILES string of the molecule is CCC1(C)CCN(C(=O)c2c(N(C)C)noc2-c2ccc(F)c(OC)c2)CC1. The van der Waals surface area contributed by atoms with E-state index in [1.807, 2.05) is 19.0 Å². The largest absolute Gasteiger partial charge is 0.494 e. The Hall–Kier alpha value is -2.57. The summed E-state index contributed by atoms with van der Waals surface area (Å²) < 4.78 is 24.4. The van der Waals surface area contributed by atoms with Gasteiger partial charge in [-0.3, -0.25) is 4.79 Å². The zero-order valence-electron chi connectivity index (χ0n) is 17.2. The van der Waals surface area contributed by atoms with Crippen LogP contribution in [0.1, 0.15) is 43.5 Å². The predicted molar refractivity (Wildman–Crippen MR) is 106 cm³/mol. The topological polar surface area (TPSA) is 58.8 Å². The van der Waals surface area contributed by atoms with E-state index in [0.717, 1.165) is 19.3 Å². The Morgan fingerprint density at radius 1 is 1.36 bits per heavy atom. The van der Waals surface area contributed by atoms with Crippen molar-refractivity contribution in [3.8, 4) is 17.1 Å². The van der Waals surface area contributed by atoms with E-state index in [9.17, 15) is 9.18 Å². The minimum Gasteiger partial charge on any atom is -0.494 e. The van der Waals surface area contributed by atoms with E-state index < -0.39 is 5.82 Å². The molecule has 0 saturated carbocycles. The van der Waals surface area contributed by atoms with Gasteiger partial charge in [-0.05, 0) is 36.5 Å². The van der Waals surface area contributed by atoms with Gasteiger partial charge in [0, 0.05) is 32.7 Å². The second kappa shape index (κ2) is 7.81. The molecule has 0 atom stereocenters. The number of methoxy groups -OCH3 is 1. The van der Waals surface area contributed by atoms with Crippen LogP contribution in [-0.2, 0) is 0 Å². The van der Waals surface area contributed by atoms with E-state index in [2.05, 4.69) is 19.0 Å². The lowest BCUT2D eigenvalue weighted by molar-refractivity contribution is 0.0601. The van der Waals surface area contributed by atoms with Crippen molar-refractivity contribution in [2.24, 2.45) is 5.41 Å². The molecule has 3 rings (SSSR count). The fraction of sp³-hybridized carbons (Fsp3) is 0.524. The standard InChI is InChI=1S/C21H28FN3O3/c1-6-21(2)9-11-25(12-10-21)20(26)17-18(28-23-19(17)24(3)4)14-7-8-15(22)16(13-14)27-5/h7-8,13H,6,9-12H2,1-5H3. The third-order valence-corrected chi connectivity index (χ3v) is 5.84. The summed E-state index contributed by atoms with van der Waals surface area (Å²) in [6.07, 6.45) is 3.04. The summed E-state index contributed by atoms with van der Waals surface area (Å²) in [7, 11) is 5.03. The van der Waals surface area contributed by atoms with Gasteiger partial charge in [-0.2, -0.15) is 0 Å². The van der Waals surface area contributed by atoms with Crippen LogP contribution in [0.4, 0.5) is 10.2 Å².